The minimum absolute atomic E-state index is 0.201. The third kappa shape index (κ3) is 3.95. The van der Waals surface area contributed by atoms with Crippen LogP contribution in [0.4, 0.5) is 0 Å². The summed E-state index contributed by atoms with van der Waals surface area (Å²) in [5.41, 5.74) is 2.54. The summed E-state index contributed by atoms with van der Waals surface area (Å²) in [6.07, 6.45) is 5.56. The van der Waals surface area contributed by atoms with Crippen molar-refractivity contribution in [2.45, 2.75) is 52.0 Å². The Hall–Kier alpha value is -2.21. The van der Waals surface area contributed by atoms with Gasteiger partial charge in [-0.15, -0.1) is 10.2 Å². The molecule has 2 aromatic rings. The number of rotatable bonds is 5. The lowest BCUT2D eigenvalue weighted by molar-refractivity contribution is -0.132. The van der Waals surface area contributed by atoms with Crippen LogP contribution in [0.5, 0.6) is 0 Å². The van der Waals surface area contributed by atoms with E-state index in [2.05, 4.69) is 57.6 Å². The molecule has 2 aliphatic heterocycles. The molecule has 1 unspecified atom stereocenters. The molecule has 0 radical (unpaired) electrons. The zero-order chi connectivity index (χ0) is 20.4. The number of aromatic nitrogens is 3. The maximum Gasteiger partial charge on any atom is 0.226 e. The van der Waals surface area contributed by atoms with Gasteiger partial charge in [-0.1, -0.05) is 31.2 Å². The second-order valence-electron chi connectivity index (χ2n) is 8.98. The normalized spacial score (nSPS) is 21.8. The lowest BCUT2D eigenvalue weighted by atomic mass is 9.70. The second kappa shape index (κ2) is 8.27. The minimum Gasteiger partial charge on any atom is -0.342 e. The summed E-state index contributed by atoms with van der Waals surface area (Å²) in [5.74, 6) is 1.79. The molecule has 0 N–H and O–H groups in total. The second-order valence-corrected chi connectivity index (χ2v) is 8.98. The molecule has 4 rings (SSSR count). The number of likely N-dealkylation sites (N-methyl/N-ethyl adjacent to an activating group) is 1. The number of amides is 1. The van der Waals surface area contributed by atoms with E-state index in [1.807, 2.05) is 18.5 Å². The maximum absolute atomic E-state index is 12.9. The van der Waals surface area contributed by atoms with Gasteiger partial charge in [0.2, 0.25) is 5.91 Å². The monoisotopic (exact) mass is 395 g/mol. The molecule has 0 bridgehead atoms. The van der Waals surface area contributed by atoms with Crippen LogP contribution in [-0.4, -0.2) is 63.7 Å². The standard InChI is InChI=1S/C23H33N5O/c1-4-11-28-17-24-25-22(28)20-15-26(3)16-23(20)9-12-27(13-10-23)21(29)14-19-8-6-5-7-18(19)2/h5-8,17,20H,4,9-16H2,1-3H3. The van der Waals surface area contributed by atoms with Gasteiger partial charge < -0.3 is 14.4 Å². The Morgan fingerprint density at radius 3 is 2.72 bits per heavy atom. The molecule has 156 valence electrons. The average molecular weight is 396 g/mol. The van der Waals surface area contributed by atoms with E-state index in [4.69, 9.17) is 0 Å². The summed E-state index contributed by atoms with van der Waals surface area (Å²) in [5, 5.41) is 8.74. The van der Waals surface area contributed by atoms with Crippen LogP contribution in [-0.2, 0) is 17.8 Å². The molecule has 1 spiro atoms. The highest BCUT2D eigenvalue weighted by atomic mass is 16.2. The largest absolute Gasteiger partial charge is 0.342 e. The van der Waals surface area contributed by atoms with E-state index in [0.717, 1.165) is 63.4 Å². The van der Waals surface area contributed by atoms with E-state index in [1.54, 1.807) is 0 Å². The lowest BCUT2D eigenvalue weighted by Gasteiger charge is -2.42. The van der Waals surface area contributed by atoms with Gasteiger partial charge in [0.15, 0.2) is 0 Å². The molecule has 1 aromatic heterocycles. The highest BCUT2D eigenvalue weighted by molar-refractivity contribution is 5.79. The Balaban J connectivity index is 1.46. The zero-order valence-corrected chi connectivity index (χ0v) is 18.0. The summed E-state index contributed by atoms with van der Waals surface area (Å²) in [6, 6.07) is 8.20. The Morgan fingerprint density at radius 2 is 2.00 bits per heavy atom. The van der Waals surface area contributed by atoms with Crippen molar-refractivity contribution in [1.29, 1.82) is 0 Å². The van der Waals surface area contributed by atoms with Crippen molar-refractivity contribution in [3.05, 3.63) is 47.5 Å². The van der Waals surface area contributed by atoms with Gasteiger partial charge >= 0.3 is 0 Å². The van der Waals surface area contributed by atoms with Crippen LogP contribution in [0.1, 0.15) is 49.1 Å². The molecule has 6 nitrogen and oxygen atoms in total. The van der Waals surface area contributed by atoms with Gasteiger partial charge in [-0.2, -0.15) is 0 Å². The fraction of sp³-hybridized carbons (Fsp3) is 0.609. The van der Waals surface area contributed by atoms with Crippen LogP contribution in [0.15, 0.2) is 30.6 Å². The van der Waals surface area contributed by atoms with Crippen molar-refractivity contribution >= 4 is 5.91 Å². The highest BCUT2D eigenvalue weighted by Gasteiger charge is 2.49. The highest BCUT2D eigenvalue weighted by Crippen LogP contribution is 2.48. The fourth-order valence-corrected chi connectivity index (χ4v) is 5.31. The smallest absolute Gasteiger partial charge is 0.226 e. The zero-order valence-electron chi connectivity index (χ0n) is 18.0. The molecule has 2 fully saturated rings. The Labute approximate surface area is 173 Å². The molecular formula is C23H33N5O. The number of benzene rings is 1. The fourth-order valence-electron chi connectivity index (χ4n) is 5.31. The lowest BCUT2D eigenvalue weighted by Crippen LogP contribution is -2.46. The van der Waals surface area contributed by atoms with Gasteiger partial charge in [-0.05, 0) is 49.8 Å². The van der Waals surface area contributed by atoms with Gasteiger partial charge in [0, 0.05) is 38.6 Å². The quantitative estimate of drug-likeness (QED) is 0.781. The van der Waals surface area contributed by atoms with E-state index in [1.165, 1.54) is 5.56 Å². The number of aryl methyl sites for hydroxylation is 2. The summed E-state index contributed by atoms with van der Waals surface area (Å²) in [7, 11) is 2.21. The van der Waals surface area contributed by atoms with E-state index >= 15 is 0 Å². The van der Waals surface area contributed by atoms with Gasteiger partial charge in [0.25, 0.3) is 0 Å². The number of hydrogen-bond donors (Lipinski definition) is 0. The number of carbonyl (C=O) groups is 1. The number of carbonyl (C=O) groups excluding carboxylic acids is 1. The molecule has 2 saturated heterocycles. The van der Waals surface area contributed by atoms with Crippen molar-refractivity contribution < 1.29 is 4.79 Å². The van der Waals surface area contributed by atoms with Gasteiger partial charge in [0.05, 0.1) is 6.42 Å². The molecule has 0 saturated carbocycles. The van der Waals surface area contributed by atoms with Gasteiger partial charge in [-0.25, -0.2) is 0 Å². The Kier molecular flexibility index (Phi) is 5.72. The summed E-state index contributed by atoms with van der Waals surface area (Å²) in [6.45, 7) is 9.04. The molecule has 1 aromatic carbocycles. The summed E-state index contributed by atoms with van der Waals surface area (Å²) < 4.78 is 2.24. The Bertz CT molecular complexity index is 852. The van der Waals surface area contributed by atoms with E-state index in [-0.39, 0.29) is 11.3 Å². The first kappa shape index (κ1) is 20.1. The molecule has 1 atom stereocenters. The first-order valence-electron chi connectivity index (χ1n) is 10.9. The maximum atomic E-state index is 12.9. The molecule has 6 heteroatoms. The third-order valence-electron chi connectivity index (χ3n) is 6.95. The van der Waals surface area contributed by atoms with Crippen LogP contribution >= 0.6 is 0 Å². The van der Waals surface area contributed by atoms with Crippen molar-refractivity contribution in [2.75, 3.05) is 33.2 Å². The molecule has 2 aliphatic rings. The van der Waals surface area contributed by atoms with Gasteiger partial charge in [-0.3, -0.25) is 4.79 Å². The SMILES string of the molecule is CCCn1cnnc1C1CN(C)CC12CCN(C(=O)Cc1ccccc1C)CC2. The van der Waals surface area contributed by atoms with Crippen LogP contribution < -0.4 is 0 Å². The third-order valence-corrected chi connectivity index (χ3v) is 6.95. The van der Waals surface area contributed by atoms with Gasteiger partial charge in [0.1, 0.15) is 12.2 Å². The molecule has 0 aliphatic carbocycles. The Morgan fingerprint density at radius 1 is 1.24 bits per heavy atom. The number of likely N-dealkylation sites (tertiary alicyclic amines) is 2. The first-order valence-corrected chi connectivity index (χ1v) is 10.9. The predicted octanol–water partition coefficient (Wildman–Crippen LogP) is 2.88. The summed E-state index contributed by atoms with van der Waals surface area (Å²) >= 11 is 0. The van der Waals surface area contributed by atoms with Crippen molar-refractivity contribution in [3.63, 3.8) is 0 Å². The molecular weight excluding hydrogens is 362 g/mol. The number of nitrogens with zero attached hydrogens (tertiary/aromatic N) is 5. The van der Waals surface area contributed by atoms with E-state index in [0.29, 0.717) is 12.3 Å². The van der Waals surface area contributed by atoms with Crippen LogP contribution in [0.2, 0.25) is 0 Å². The van der Waals surface area contributed by atoms with Crippen molar-refractivity contribution in [2.24, 2.45) is 5.41 Å². The number of piperidine rings is 1. The number of hydrogen-bond acceptors (Lipinski definition) is 4. The van der Waals surface area contributed by atoms with Crippen LogP contribution in [0.25, 0.3) is 0 Å². The van der Waals surface area contributed by atoms with Crippen molar-refractivity contribution in [1.82, 2.24) is 24.6 Å². The minimum atomic E-state index is 0.201. The summed E-state index contributed by atoms with van der Waals surface area (Å²) in [4.78, 5) is 17.4. The van der Waals surface area contributed by atoms with Crippen molar-refractivity contribution in [3.8, 4) is 0 Å². The first-order chi connectivity index (χ1) is 14.0. The average Bonchev–Trinajstić information content (AvgIpc) is 3.28. The predicted molar refractivity (Wildman–Crippen MR) is 114 cm³/mol. The molecule has 29 heavy (non-hydrogen) atoms. The molecule has 1 amide bonds. The van der Waals surface area contributed by atoms with E-state index in [9.17, 15) is 4.79 Å². The van der Waals surface area contributed by atoms with E-state index < -0.39 is 0 Å². The topological polar surface area (TPSA) is 54.3 Å². The molecule has 3 heterocycles. The van der Waals surface area contributed by atoms with Crippen LogP contribution in [0, 0.1) is 12.3 Å². The van der Waals surface area contributed by atoms with Crippen LogP contribution in [0.3, 0.4) is 0 Å².